The van der Waals surface area contributed by atoms with Crippen molar-refractivity contribution in [3.05, 3.63) is 12.2 Å². The van der Waals surface area contributed by atoms with Crippen LogP contribution in [0.15, 0.2) is 12.2 Å². The summed E-state index contributed by atoms with van der Waals surface area (Å²) in [5.74, 6) is 2.15. The molecule has 6 rings (SSSR count). The quantitative estimate of drug-likeness (QED) is 0.313. The summed E-state index contributed by atoms with van der Waals surface area (Å²) in [5.41, 5.74) is -0.704. The number of carbonyl (C=O) groups is 2. The molecule has 8 atom stereocenters. The van der Waals surface area contributed by atoms with Gasteiger partial charge in [-0.15, -0.1) is 0 Å². The summed E-state index contributed by atoms with van der Waals surface area (Å²) in [4.78, 5) is 27.5. The molecule has 0 radical (unpaired) electrons. The summed E-state index contributed by atoms with van der Waals surface area (Å²) in [7, 11) is 0. The highest BCUT2D eigenvalue weighted by Gasteiger charge is 2.68. The van der Waals surface area contributed by atoms with Crippen LogP contribution in [0.25, 0.3) is 0 Å². The summed E-state index contributed by atoms with van der Waals surface area (Å²) in [6.45, 7) is 4.22. The van der Waals surface area contributed by atoms with Crippen molar-refractivity contribution in [1.82, 2.24) is 0 Å². The lowest BCUT2D eigenvalue weighted by Gasteiger charge is -2.43. The fraction of sp³-hybridized carbons (Fsp3) is 0.857. The maximum absolute atomic E-state index is 13.7. The number of hydrogen-bond donors (Lipinski definition) is 0. The van der Waals surface area contributed by atoms with E-state index in [0.29, 0.717) is 35.5 Å². The minimum absolute atomic E-state index is 0.0946. The normalized spacial score (nSPS) is 44.9. The van der Waals surface area contributed by atoms with Gasteiger partial charge < -0.3 is 9.47 Å². The molecule has 5 fully saturated rings. The number of hydrogen-bond acceptors (Lipinski definition) is 4. The SMILES string of the molecule is CC1(OC(=O)C2C3CC(C2C(=O)OC2(C)CCCCC2)C2C4C=CC(C4)C32)CCCCC1. The smallest absolute Gasteiger partial charge is 0.310 e. The van der Waals surface area contributed by atoms with Crippen LogP contribution in [0.5, 0.6) is 0 Å². The lowest BCUT2D eigenvalue weighted by Crippen LogP contribution is -2.48. The molecule has 0 heterocycles. The van der Waals surface area contributed by atoms with Gasteiger partial charge in [0.15, 0.2) is 0 Å². The largest absolute Gasteiger partial charge is 0.459 e. The number of carbonyl (C=O) groups excluding carboxylic acids is 2. The zero-order valence-corrected chi connectivity index (χ0v) is 19.9. The average Bonchev–Trinajstić information content (AvgIpc) is 3.52. The fourth-order valence-corrected chi connectivity index (χ4v) is 9.11. The van der Waals surface area contributed by atoms with Crippen LogP contribution in [0.1, 0.15) is 90.9 Å². The van der Waals surface area contributed by atoms with Crippen molar-refractivity contribution in [2.24, 2.45) is 47.3 Å². The van der Waals surface area contributed by atoms with Gasteiger partial charge in [0.05, 0.1) is 11.8 Å². The van der Waals surface area contributed by atoms with Gasteiger partial charge in [-0.25, -0.2) is 0 Å². The molecule has 0 N–H and O–H groups in total. The third-order valence-electron chi connectivity index (χ3n) is 10.5. The predicted molar refractivity (Wildman–Crippen MR) is 121 cm³/mol. The van der Waals surface area contributed by atoms with Gasteiger partial charge in [0, 0.05) is 0 Å². The molecule has 176 valence electrons. The van der Waals surface area contributed by atoms with Crippen LogP contribution >= 0.6 is 0 Å². The Labute approximate surface area is 192 Å². The molecule has 5 saturated carbocycles. The van der Waals surface area contributed by atoms with Crippen LogP contribution in [-0.4, -0.2) is 23.1 Å². The first-order chi connectivity index (χ1) is 15.4. The van der Waals surface area contributed by atoms with Crippen LogP contribution in [0.3, 0.4) is 0 Å². The van der Waals surface area contributed by atoms with E-state index in [2.05, 4.69) is 26.0 Å². The standard InChI is InChI=1S/C28H40O4/c1-27(11-5-3-6-12-27)31-25(29)23-19-16-20(22-18-10-9-17(15-18)21(19)22)24(23)26(30)32-28(2)13-7-4-8-14-28/h9-10,17-24H,3-8,11-16H2,1-2H3. The number of rotatable bonds is 4. The van der Waals surface area contributed by atoms with Crippen LogP contribution < -0.4 is 0 Å². The van der Waals surface area contributed by atoms with Crippen LogP contribution in [0, 0.1) is 47.3 Å². The number of ether oxygens (including phenoxy) is 2. The van der Waals surface area contributed by atoms with E-state index in [0.717, 1.165) is 57.8 Å². The van der Waals surface area contributed by atoms with Crippen LogP contribution in [0.4, 0.5) is 0 Å². The summed E-state index contributed by atoms with van der Waals surface area (Å²) in [5, 5.41) is 0. The van der Waals surface area contributed by atoms with E-state index in [1.165, 1.54) is 19.3 Å². The van der Waals surface area contributed by atoms with E-state index < -0.39 is 0 Å². The first-order valence-electron chi connectivity index (χ1n) is 13.5. The Balaban J connectivity index is 1.27. The van der Waals surface area contributed by atoms with Crippen molar-refractivity contribution < 1.29 is 19.1 Å². The first kappa shape index (κ1) is 21.2. The number of allylic oxidation sites excluding steroid dienone is 2. The molecule has 8 unspecified atom stereocenters. The first-order valence-corrected chi connectivity index (χ1v) is 13.5. The van der Waals surface area contributed by atoms with E-state index >= 15 is 0 Å². The Morgan fingerprint density at radius 2 is 1.06 bits per heavy atom. The maximum Gasteiger partial charge on any atom is 0.310 e. The van der Waals surface area contributed by atoms with Crippen molar-refractivity contribution in [2.75, 3.05) is 0 Å². The van der Waals surface area contributed by atoms with Crippen molar-refractivity contribution in [2.45, 2.75) is 102 Å². The molecule has 32 heavy (non-hydrogen) atoms. The monoisotopic (exact) mass is 440 g/mol. The molecular formula is C28H40O4. The highest BCUT2D eigenvalue weighted by Crippen LogP contribution is 2.69. The van der Waals surface area contributed by atoms with Gasteiger partial charge in [0.2, 0.25) is 0 Å². The van der Waals surface area contributed by atoms with E-state index in [9.17, 15) is 9.59 Å². The molecule has 6 aliphatic rings. The molecular weight excluding hydrogens is 400 g/mol. The Morgan fingerprint density at radius 3 is 1.47 bits per heavy atom. The van der Waals surface area contributed by atoms with Crippen molar-refractivity contribution in [3.63, 3.8) is 0 Å². The van der Waals surface area contributed by atoms with Crippen molar-refractivity contribution >= 4 is 11.9 Å². The summed E-state index contributed by atoms with van der Waals surface area (Å²) >= 11 is 0. The summed E-state index contributed by atoms with van der Waals surface area (Å²) in [6.07, 6.45) is 17.8. The Hall–Kier alpha value is -1.32. The van der Waals surface area contributed by atoms with Crippen molar-refractivity contribution in [3.8, 4) is 0 Å². The van der Waals surface area contributed by atoms with E-state index in [1.807, 2.05) is 0 Å². The third-order valence-corrected chi connectivity index (χ3v) is 10.5. The molecule has 0 aromatic carbocycles. The molecule has 0 amide bonds. The molecule has 4 heteroatoms. The number of esters is 2. The predicted octanol–water partition coefficient (Wildman–Crippen LogP) is 5.84. The molecule has 4 bridgehead atoms. The zero-order valence-electron chi connectivity index (χ0n) is 19.9. The van der Waals surface area contributed by atoms with Gasteiger partial charge in [-0.1, -0.05) is 25.0 Å². The average molecular weight is 441 g/mol. The van der Waals surface area contributed by atoms with E-state index in [4.69, 9.17) is 9.47 Å². The Morgan fingerprint density at radius 1 is 0.656 bits per heavy atom. The molecule has 0 aromatic heterocycles. The van der Waals surface area contributed by atoms with Crippen molar-refractivity contribution in [1.29, 1.82) is 0 Å². The molecule has 0 saturated heterocycles. The lowest BCUT2D eigenvalue weighted by atomic mass is 9.64. The lowest BCUT2D eigenvalue weighted by molar-refractivity contribution is -0.184. The van der Waals surface area contributed by atoms with Gasteiger partial charge in [-0.2, -0.15) is 0 Å². The van der Waals surface area contributed by atoms with E-state index in [1.54, 1.807) is 0 Å². The van der Waals surface area contributed by atoms with Gasteiger partial charge in [0.1, 0.15) is 11.2 Å². The molecule has 0 aromatic rings. The molecule has 4 nitrogen and oxygen atoms in total. The second-order valence-electron chi connectivity index (χ2n) is 12.6. The highest BCUT2D eigenvalue weighted by atomic mass is 16.6. The van der Waals surface area contributed by atoms with Crippen LogP contribution in [-0.2, 0) is 19.1 Å². The maximum atomic E-state index is 13.7. The summed E-state index contributed by atoms with van der Waals surface area (Å²) in [6, 6.07) is 0. The Bertz CT molecular complexity index is 738. The zero-order chi connectivity index (χ0) is 22.1. The van der Waals surface area contributed by atoms with Gasteiger partial charge in [-0.3, -0.25) is 9.59 Å². The van der Waals surface area contributed by atoms with Gasteiger partial charge >= 0.3 is 11.9 Å². The Kier molecular flexibility index (Phi) is 5.04. The minimum atomic E-state index is -0.352. The minimum Gasteiger partial charge on any atom is -0.459 e. The second kappa shape index (κ2) is 7.60. The highest BCUT2D eigenvalue weighted by molar-refractivity contribution is 5.84. The summed E-state index contributed by atoms with van der Waals surface area (Å²) < 4.78 is 12.5. The second-order valence-corrected chi connectivity index (χ2v) is 12.6. The third kappa shape index (κ3) is 3.29. The molecule has 6 aliphatic carbocycles. The fourth-order valence-electron chi connectivity index (χ4n) is 9.11. The van der Waals surface area contributed by atoms with Crippen LogP contribution in [0.2, 0.25) is 0 Å². The topological polar surface area (TPSA) is 52.6 Å². The van der Waals surface area contributed by atoms with E-state index in [-0.39, 0.29) is 35.0 Å². The number of fused-ring (bicyclic) bond motifs is 9. The van der Waals surface area contributed by atoms with Gasteiger partial charge in [-0.05, 0) is 114 Å². The molecule has 0 spiro atoms. The molecule has 0 aliphatic heterocycles. The van der Waals surface area contributed by atoms with Gasteiger partial charge in [0.25, 0.3) is 0 Å².